The van der Waals surface area contributed by atoms with Crippen LogP contribution in [0.25, 0.3) is 10.2 Å². The summed E-state index contributed by atoms with van der Waals surface area (Å²) < 4.78 is 6.44. The van der Waals surface area contributed by atoms with Crippen molar-refractivity contribution in [3.63, 3.8) is 0 Å². The highest BCUT2D eigenvalue weighted by atomic mass is 32.1. The SMILES string of the molecule is C=C(CN1CCOCC1)C(=O)NC[C@@H](NC(=O)[C@H](Cc1nc2ccc(CC)cc2s1)NC(=O)CC)[C@@H](C)CC. The van der Waals surface area contributed by atoms with E-state index in [1.165, 1.54) is 5.56 Å². The molecule has 0 bridgehead atoms. The number of carbonyl (C=O) groups is 3. The zero-order valence-corrected chi connectivity index (χ0v) is 24.5. The van der Waals surface area contributed by atoms with E-state index in [1.54, 1.807) is 18.3 Å². The molecule has 214 valence electrons. The standard InChI is InChI=1S/C29H43N5O4S/c1-6-19(4)24(17-30-28(36)20(5)18-34-11-13-38-14-12-34)33-29(37)23(31-26(35)8-3)16-27-32-22-10-9-21(7-2)15-25(22)39-27/h9-10,15,19,23-24H,5-8,11-14,16-18H2,1-4H3,(H,30,36)(H,31,35)(H,33,37)/t19-,23-,24+/m0/s1. The first-order chi connectivity index (χ1) is 18.7. The van der Waals surface area contributed by atoms with E-state index < -0.39 is 6.04 Å². The normalized spacial score (nSPS) is 16.3. The second-order valence-electron chi connectivity index (χ2n) is 10.1. The molecule has 1 fully saturated rings. The zero-order valence-electron chi connectivity index (χ0n) is 23.7. The van der Waals surface area contributed by atoms with Gasteiger partial charge >= 0.3 is 0 Å². The molecule has 10 heteroatoms. The van der Waals surface area contributed by atoms with Gasteiger partial charge in [0.05, 0.1) is 28.4 Å². The summed E-state index contributed by atoms with van der Waals surface area (Å²) in [5.74, 6) is -0.589. The Labute approximate surface area is 235 Å². The minimum Gasteiger partial charge on any atom is -0.379 e. The Morgan fingerprint density at radius 2 is 1.90 bits per heavy atom. The third-order valence-corrected chi connectivity index (χ3v) is 8.28. The lowest BCUT2D eigenvalue weighted by molar-refractivity contribution is -0.129. The first kappa shape index (κ1) is 30.7. The lowest BCUT2D eigenvalue weighted by atomic mass is 9.98. The van der Waals surface area contributed by atoms with E-state index in [9.17, 15) is 14.4 Å². The number of amides is 3. The number of benzene rings is 1. The van der Waals surface area contributed by atoms with Crippen molar-refractivity contribution < 1.29 is 19.1 Å². The Hall–Kier alpha value is -2.82. The Morgan fingerprint density at radius 3 is 2.56 bits per heavy atom. The van der Waals surface area contributed by atoms with Crippen LogP contribution in [0.1, 0.15) is 51.1 Å². The Kier molecular flexibility index (Phi) is 11.9. The molecule has 1 aliphatic rings. The van der Waals surface area contributed by atoms with Crippen molar-refractivity contribution >= 4 is 39.3 Å². The minimum atomic E-state index is -0.762. The molecule has 1 aromatic carbocycles. The van der Waals surface area contributed by atoms with Crippen LogP contribution in [0.15, 0.2) is 30.4 Å². The fourth-order valence-electron chi connectivity index (χ4n) is 4.40. The van der Waals surface area contributed by atoms with Crippen LogP contribution in [0, 0.1) is 5.92 Å². The number of nitrogens with one attached hydrogen (secondary N) is 3. The summed E-state index contributed by atoms with van der Waals surface area (Å²) in [6.07, 6.45) is 2.34. The van der Waals surface area contributed by atoms with Gasteiger partial charge in [-0.3, -0.25) is 19.3 Å². The van der Waals surface area contributed by atoms with Gasteiger partial charge in [-0.2, -0.15) is 0 Å². The summed E-state index contributed by atoms with van der Waals surface area (Å²) in [4.78, 5) is 45.4. The lowest BCUT2D eigenvalue weighted by Gasteiger charge is -2.28. The summed E-state index contributed by atoms with van der Waals surface area (Å²) in [5, 5.41) is 9.72. The van der Waals surface area contributed by atoms with Gasteiger partial charge in [0.2, 0.25) is 17.7 Å². The van der Waals surface area contributed by atoms with Crippen molar-refractivity contribution in [2.75, 3.05) is 39.4 Å². The van der Waals surface area contributed by atoms with Gasteiger partial charge in [-0.25, -0.2) is 4.98 Å². The smallest absolute Gasteiger partial charge is 0.247 e. The second-order valence-corrected chi connectivity index (χ2v) is 11.3. The molecule has 1 aliphatic heterocycles. The second kappa shape index (κ2) is 15.1. The molecule has 0 unspecified atom stereocenters. The Bertz CT molecular complexity index is 1140. The molecule has 3 atom stereocenters. The van der Waals surface area contributed by atoms with E-state index in [0.717, 1.165) is 41.2 Å². The highest BCUT2D eigenvalue weighted by Gasteiger charge is 2.27. The van der Waals surface area contributed by atoms with Gasteiger partial charge < -0.3 is 20.7 Å². The van der Waals surface area contributed by atoms with Crippen LogP contribution in [0.5, 0.6) is 0 Å². The van der Waals surface area contributed by atoms with Crippen LogP contribution in [-0.2, 0) is 32.0 Å². The first-order valence-corrected chi connectivity index (χ1v) is 14.8. The van der Waals surface area contributed by atoms with Crippen molar-refractivity contribution in [3.05, 3.63) is 40.9 Å². The number of fused-ring (bicyclic) bond motifs is 1. The van der Waals surface area contributed by atoms with Crippen LogP contribution in [0.3, 0.4) is 0 Å². The number of hydrogen-bond donors (Lipinski definition) is 3. The van der Waals surface area contributed by atoms with Crippen LogP contribution >= 0.6 is 11.3 Å². The van der Waals surface area contributed by atoms with Gasteiger partial charge in [-0.05, 0) is 30.0 Å². The summed E-state index contributed by atoms with van der Waals surface area (Å²) in [6.45, 7) is 15.5. The predicted octanol–water partition coefficient (Wildman–Crippen LogP) is 2.83. The number of rotatable bonds is 14. The highest BCUT2D eigenvalue weighted by molar-refractivity contribution is 7.18. The van der Waals surface area contributed by atoms with E-state index in [1.807, 2.05) is 19.9 Å². The van der Waals surface area contributed by atoms with E-state index in [-0.39, 0.29) is 42.6 Å². The summed E-state index contributed by atoms with van der Waals surface area (Å²) in [6, 6.07) is 5.14. The fourth-order valence-corrected chi connectivity index (χ4v) is 5.47. The topological polar surface area (TPSA) is 113 Å². The van der Waals surface area contributed by atoms with Gasteiger partial charge in [-0.1, -0.05) is 46.8 Å². The van der Waals surface area contributed by atoms with Crippen LogP contribution in [0.4, 0.5) is 0 Å². The number of morpholine rings is 1. The number of thiazole rings is 1. The van der Waals surface area contributed by atoms with E-state index in [0.29, 0.717) is 31.8 Å². The van der Waals surface area contributed by atoms with Crippen molar-refractivity contribution in [2.45, 2.75) is 65.5 Å². The maximum absolute atomic E-state index is 13.5. The summed E-state index contributed by atoms with van der Waals surface area (Å²) in [7, 11) is 0. The molecule has 0 aliphatic carbocycles. The van der Waals surface area contributed by atoms with Crippen LogP contribution in [0.2, 0.25) is 0 Å². The molecular formula is C29H43N5O4S. The fraction of sp³-hybridized carbons (Fsp3) is 0.586. The number of ether oxygens (including phenoxy) is 1. The average Bonchev–Trinajstić information content (AvgIpc) is 3.35. The maximum atomic E-state index is 13.5. The van der Waals surface area contributed by atoms with Crippen LogP contribution < -0.4 is 16.0 Å². The van der Waals surface area contributed by atoms with Gasteiger partial charge in [0.1, 0.15) is 6.04 Å². The van der Waals surface area contributed by atoms with Crippen LogP contribution in [-0.4, -0.2) is 79.1 Å². The molecule has 0 radical (unpaired) electrons. The van der Waals surface area contributed by atoms with Gasteiger partial charge in [0.15, 0.2) is 0 Å². The molecular weight excluding hydrogens is 514 g/mol. The molecule has 2 aromatic rings. The van der Waals surface area contributed by atoms with Gasteiger partial charge in [-0.15, -0.1) is 11.3 Å². The molecule has 3 N–H and O–H groups in total. The van der Waals surface area contributed by atoms with Gasteiger partial charge in [0, 0.05) is 50.6 Å². The van der Waals surface area contributed by atoms with Crippen molar-refractivity contribution in [2.24, 2.45) is 5.92 Å². The number of aryl methyl sites for hydroxylation is 1. The first-order valence-electron chi connectivity index (χ1n) is 14.0. The molecule has 0 spiro atoms. The van der Waals surface area contributed by atoms with Gasteiger partial charge in [0.25, 0.3) is 0 Å². The molecule has 39 heavy (non-hydrogen) atoms. The average molecular weight is 558 g/mol. The van der Waals surface area contributed by atoms with E-state index in [2.05, 4.69) is 46.5 Å². The minimum absolute atomic E-state index is 0.110. The Morgan fingerprint density at radius 1 is 1.15 bits per heavy atom. The molecule has 3 rings (SSSR count). The summed E-state index contributed by atoms with van der Waals surface area (Å²) in [5.41, 5.74) is 2.62. The molecule has 2 heterocycles. The third kappa shape index (κ3) is 9.12. The van der Waals surface area contributed by atoms with Crippen molar-refractivity contribution in [3.8, 4) is 0 Å². The van der Waals surface area contributed by atoms with E-state index >= 15 is 0 Å². The third-order valence-electron chi connectivity index (χ3n) is 7.24. The molecule has 3 amide bonds. The maximum Gasteiger partial charge on any atom is 0.247 e. The molecule has 1 aromatic heterocycles. The van der Waals surface area contributed by atoms with Crippen molar-refractivity contribution in [1.82, 2.24) is 25.8 Å². The predicted molar refractivity (Wildman–Crippen MR) is 156 cm³/mol. The number of nitrogens with zero attached hydrogens (tertiary/aromatic N) is 2. The summed E-state index contributed by atoms with van der Waals surface area (Å²) >= 11 is 1.55. The van der Waals surface area contributed by atoms with Crippen molar-refractivity contribution in [1.29, 1.82) is 0 Å². The Balaban J connectivity index is 1.66. The number of hydrogen-bond acceptors (Lipinski definition) is 7. The molecule has 1 saturated heterocycles. The lowest BCUT2D eigenvalue weighted by Crippen LogP contribution is -2.54. The number of carbonyl (C=O) groups excluding carboxylic acids is 3. The monoisotopic (exact) mass is 557 g/mol. The quantitative estimate of drug-likeness (QED) is 0.308. The van der Waals surface area contributed by atoms with E-state index in [4.69, 9.17) is 9.72 Å². The number of aromatic nitrogens is 1. The zero-order chi connectivity index (χ0) is 28.4. The largest absolute Gasteiger partial charge is 0.379 e. The highest BCUT2D eigenvalue weighted by Crippen LogP contribution is 2.24. The molecule has 9 nitrogen and oxygen atoms in total. The molecule has 0 saturated carbocycles.